The maximum absolute atomic E-state index is 12.2. The number of H-pyrrole nitrogens is 1. The van der Waals surface area contributed by atoms with Gasteiger partial charge in [0.05, 0.1) is 0 Å². The van der Waals surface area contributed by atoms with Gasteiger partial charge in [0.1, 0.15) is 5.69 Å². The third kappa shape index (κ3) is 3.64. The molecule has 0 spiro atoms. The highest BCUT2D eigenvalue weighted by Crippen LogP contribution is 2.19. The lowest BCUT2D eigenvalue weighted by molar-refractivity contribution is -0.119. The van der Waals surface area contributed by atoms with Crippen LogP contribution < -0.4 is 10.7 Å². The number of carbonyl (C=O) groups is 2. The first kappa shape index (κ1) is 17.4. The van der Waals surface area contributed by atoms with Gasteiger partial charge in [-0.1, -0.05) is 30.3 Å². The van der Waals surface area contributed by atoms with Gasteiger partial charge in [-0.15, -0.1) is 0 Å². The van der Waals surface area contributed by atoms with Gasteiger partial charge >= 0.3 is 5.97 Å². The number of amides is 1. The van der Waals surface area contributed by atoms with Crippen molar-refractivity contribution in [3.63, 3.8) is 0 Å². The molecule has 0 fully saturated rings. The molecule has 1 heterocycles. The molecule has 0 aliphatic heterocycles. The van der Waals surface area contributed by atoms with Crippen LogP contribution in [0, 0.1) is 13.8 Å². The molecule has 6 heteroatoms. The van der Waals surface area contributed by atoms with E-state index in [0.717, 1.165) is 11.1 Å². The van der Waals surface area contributed by atoms with E-state index in [1.54, 1.807) is 24.3 Å². The summed E-state index contributed by atoms with van der Waals surface area (Å²) in [5.74, 6) is -1.21. The van der Waals surface area contributed by atoms with E-state index in [2.05, 4.69) is 10.3 Å². The number of esters is 1. The molecule has 1 amide bonds. The van der Waals surface area contributed by atoms with Crippen LogP contribution in [-0.2, 0) is 9.53 Å². The first-order valence-electron chi connectivity index (χ1n) is 8.11. The molecule has 0 atom stereocenters. The Bertz CT molecular complexity index is 1030. The Labute approximate surface area is 149 Å². The molecular formula is C20H18N2O4. The number of rotatable bonds is 4. The van der Waals surface area contributed by atoms with Crippen molar-refractivity contribution in [3.8, 4) is 0 Å². The molecule has 26 heavy (non-hydrogen) atoms. The first-order valence-corrected chi connectivity index (χ1v) is 8.11. The molecule has 132 valence electrons. The van der Waals surface area contributed by atoms with Crippen molar-refractivity contribution in [1.29, 1.82) is 0 Å². The minimum absolute atomic E-state index is 0.00794. The summed E-state index contributed by atoms with van der Waals surface area (Å²) in [5.41, 5.74) is 2.80. The van der Waals surface area contributed by atoms with Crippen LogP contribution in [0.15, 0.2) is 53.3 Å². The zero-order valence-corrected chi connectivity index (χ0v) is 14.5. The van der Waals surface area contributed by atoms with E-state index >= 15 is 0 Å². The zero-order valence-electron chi connectivity index (χ0n) is 14.5. The highest BCUT2D eigenvalue weighted by Gasteiger charge is 2.14. The lowest BCUT2D eigenvalue weighted by atomic mass is 10.1. The molecule has 3 rings (SSSR count). The highest BCUT2D eigenvalue weighted by molar-refractivity contribution is 5.96. The average Bonchev–Trinajstić information content (AvgIpc) is 2.63. The Balaban J connectivity index is 1.69. The number of nitrogens with one attached hydrogen (secondary N) is 2. The predicted molar refractivity (Wildman–Crippen MR) is 99.4 cm³/mol. The molecule has 0 aliphatic carbocycles. The van der Waals surface area contributed by atoms with Gasteiger partial charge in [0.15, 0.2) is 12.0 Å². The number of hydrogen-bond acceptors (Lipinski definition) is 4. The maximum atomic E-state index is 12.2. The number of ether oxygens (including phenoxy) is 1. The predicted octanol–water partition coefficient (Wildman–Crippen LogP) is 2.94. The van der Waals surface area contributed by atoms with Gasteiger partial charge in [0.2, 0.25) is 0 Å². The Kier molecular flexibility index (Phi) is 4.84. The van der Waals surface area contributed by atoms with E-state index in [9.17, 15) is 14.4 Å². The summed E-state index contributed by atoms with van der Waals surface area (Å²) in [7, 11) is 0. The van der Waals surface area contributed by atoms with Crippen molar-refractivity contribution in [3.05, 3.63) is 75.6 Å². The molecule has 2 aromatic carbocycles. The molecule has 0 aliphatic rings. The third-order valence-corrected chi connectivity index (χ3v) is 4.04. The number of aromatic amines is 1. The summed E-state index contributed by atoms with van der Waals surface area (Å²) in [6.45, 7) is 3.32. The van der Waals surface area contributed by atoms with E-state index in [0.29, 0.717) is 16.6 Å². The van der Waals surface area contributed by atoms with E-state index in [-0.39, 0.29) is 11.1 Å². The summed E-state index contributed by atoms with van der Waals surface area (Å²) in [4.78, 5) is 39.1. The number of fused-ring (bicyclic) bond motifs is 1. The number of aromatic nitrogens is 1. The molecule has 6 nitrogen and oxygen atoms in total. The van der Waals surface area contributed by atoms with Crippen LogP contribution in [0.3, 0.4) is 0 Å². The van der Waals surface area contributed by atoms with Gasteiger partial charge in [-0.05, 0) is 37.1 Å². The van der Waals surface area contributed by atoms with E-state index in [1.165, 1.54) is 6.07 Å². The number of hydrogen-bond donors (Lipinski definition) is 2. The number of benzene rings is 2. The van der Waals surface area contributed by atoms with Crippen LogP contribution in [0.1, 0.15) is 21.6 Å². The minimum atomic E-state index is -0.760. The van der Waals surface area contributed by atoms with Crippen molar-refractivity contribution in [2.24, 2.45) is 0 Å². The fraction of sp³-hybridized carbons (Fsp3) is 0.150. The van der Waals surface area contributed by atoms with Crippen molar-refractivity contribution >= 4 is 28.5 Å². The molecule has 0 saturated carbocycles. The Morgan fingerprint density at radius 2 is 1.73 bits per heavy atom. The summed E-state index contributed by atoms with van der Waals surface area (Å²) in [6, 6.07) is 13.7. The largest absolute Gasteiger partial charge is 0.451 e. The van der Waals surface area contributed by atoms with Crippen LogP contribution in [0.5, 0.6) is 0 Å². The van der Waals surface area contributed by atoms with E-state index in [4.69, 9.17) is 4.74 Å². The lowest BCUT2D eigenvalue weighted by Crippen LogP contribution is -2.22. The summed E-state index contributed by atoms with van der Waals surface area (Å²) in [6.07, 6.45) is 0. The monoisotopic (exact) mass is 350 g/mol. The van der Waals surface area contributed by atoms with Gasteiger partial charge in [-0.25, -0.2) is 4.79 Å². The van der Waals surface area contributed by atoms with E-state index in [1.807, 2.05) is 32.0 Å². The molecule has 3 aromatic rings. The van der Waals surface area contributed by atoms with Crippen molar-refractivity contribution in [1.82, 2.24) is 4.98 Å². The lowest BCUT2D eigenvalue weighted by Gasteiger charge is -2.11. The fourth-order valence-electron chi connectivity index (χ4n) is 2.70. The number of pyridine rings is 1. The third-order valence-electron chi connectivity index (χ3n) is 4.04. The quantitative estimate of drug-likeness (QED) is 0.708. The second kappa shape index (κ2) is 7.23. The van der Waals surface area contributed by atoms with Crippen LogP contribution >= 0.6 is 0 Å². The minimum Gasteiger partial charge on any atom is -0.451 e. The molecule has 2 N–H and O–H groups in total. The standard InChI is InChI=1S/C20H18N2O4/c1-12-6-5-7-13(2)19(12)22-18(24)11-26-20(25)16-10-17(23)14-8-3-4-9-15(14)21-16/h3-10H,11H2,1-2H3,(H,21,23)(H,22,24). The molecule has 0 radical (unpaired) electrons. The van der Waals surface area contributed by atoms with Crippen LogP contribution in [0.2, 0.25) is 0 Å². The Morgan fingerprint density at radius 1 is 1.04 bits per heavy atom. The molecule has 0 saturated heterocycles. The number of anilines is 1. The topological polar surface area (TPSA) is 88.3 Å². The molecule has 0 unspecified atom stereocenters. The molecule has 1 aromatic heterocycles. The van der Waals surface area contributed by atoms with Gasteiger partial charge < -0.3 is 15.0 Å². The normalized spacial score (nSPS) is 10.5. The Hall–Kier alpha value is -3.41. The fourth-order valence-corrected chi connectivity index (χ4v) is 2.70. The highest BCUT2D eigenvalue weighted by atomic mass is 16.5. The van der Waals surface area contributed by atoms with Gasteiger partial charge in [-0.2, -0.15) is 0 Å². The second-order valence-electron chi connectivity index (χ2n) is 5.98. The summed E-state index contributed by atoms with van der Waals surface area (Å²) >= 11 is 0. The smallest absolute Gasteiger partial charge is 0.355 e. The average molecular weight is 350 g/mol. The second-order valence-corrected chi connectivity index (χ2v) is 5.98. The van der Waals surface area contributed by atoms with Crippen molar-refractivity contribution in [2.45, 2.75) is 13.8 Å². The SMILES string of the molecule is Cc1cccc(C)c1NC(=O)COC(=O)c1cc(=O)c2ccccc2[nH]1. The van der Waals surface area contributed by atoms with Crippen LogP contribution in [0.4, 0.5) is 5.69 Å². The first-order chi connectivity index (χ1) is 12.5. The zero-order chi connectivity index (χ0) is 18.7. The van der Waals surface area contributed by atoms with E-state index < -0.39 is 18.5 Å². The van der Waals surface area contributed by atoms with Crippen LogP contribution in [-0.4, -0.2) is 23.5 Å². The molecule has 0 bridgehead atoms. The summed E-state index contributed by atoms with van der Waals surface area (Å²) < 4.78 is 5.02. The number of aryl methyl sites for hydroxylation is 2. The van der Waals surface area contributed by atoms with Gasteiger partial charge in [-0.3, -0.25) is 9.59 Å². The van der Waals surface area contributed by atoms with Gasteiger partial charge in [0.25, 0.3) is 5.91 Å². The number of para-hydroxylation sites is 2. The van der Waals surface area contributed by atoms with Crippen LogP contribution in [0.25, 0.3) is 10.9 Å². The maximum Gasteiger partial charge on any atom is 0.355 e. The van der Waals surface area contributed by atoms with Crippen molar-refractivity contribution < 1.29 is 14.3 Å². The molecular weight excluding hydrogens is 332 g/mol. The number of carbonyl (C=O) groups excluding carboxylic acids is 2. The Morgan fingerprint density at radius 3 is 2.46 bits per heavy atom. The van der Waals surface area contributed by atoms with Crippen molar-refractivity contribution in [2.75, 3.05) is 11.9 Å². The summed E-state index contributed by atoms with van der Waals surface area (Å²) in [5, 5.41) is 3.22. The van der Waals surface area contributed by atoms with Gasteiger partial charge in [0, 0.05) is 22.7 Å².